The molecule has 0 fully saturated rings. The van der Waals surface area contributed by atoms with Crippen LogP contribution in [0.25, 0.3) is 6.08 Å². The summed E-state index contributed by atoms with van der Waals surface area (Å²) in [7, 11) is -3.91. The van der Waals surface area contributed by atoms with E-state index < -0.39 is 14.9 Å². The van der Waals surface area contributed by atoms with E-state index >= 15 is 0 Å². The normalized spacial score (nSPS) is 11.9. The van der Waals surface area contributed by atoms with Crippen molar-refractivity contribution in [1.82, 2.24) is 4.72 Å². The van der Waals surface area contributed by atoms with Crippen molar-refractivity contribution in [2.45, 2.75) is 19.3 Å². The molecule has 5 nitrogen and oxygen atoms in total. The van der Waals surface area contributed by atoms with Crippen LogP contribution in [0.15, 0.2) is 53.4 Å². The van der Waals surface area contributed by atoms with Crippen LogP contribution in [0.2, 0.25) is 5.02 Å². The third-order valence-electron chi connectivity index (χ3n) is 3.70. The number of unbranched alkanes of at least 4 members (excludes halogenated alkanes) is 1. The summed E-state index contributed by atoms with van der Waals surface area (Å²) in [5.41, 5.74) is 1.55. The van der Waals surface area contributed by atoms with Crippen LogP contribution < -0.4 is 4.72 Å². The number of hydrogen-bond acceptors (Lipinski definition) is 4. The Morgan fingerprint density at radius 1 is 1.19 bits per heavy atom. The molecule has 26 heavy (non-hydrogen) atoms. The minimum atomic E-state index is -3.91. The molecule has 2 aromatic rings. The van der Waals surface area contributed by atoms with Crippen molar-refractivity contribution in [3.63, 3.8) is 0 Å². The zero-order chi connectivity index (χ0) is 19.0. The van der Waals surface area contributed by atoms with Crippen molar-refractivity contribution in [2.24, 2.45) is 0 Å². The Morgan fingerprint density at radius 2 is 1.92 bits per heavy atom. The minimum Gasteiger partial charge on any atom is -0.508 e. The van der Waals surface area contributed by atoms with E-state index in [1.807, 2.05) is 30.3 Å². The zero-order valence-corrected chi connectivity index (χ0v) is 15.6. The van der Waals surface area contributed by atoms with Gasteiger partial charge >= 0.3 is 0 Å². The first-order valence-electron chi connectivity index (χ1n) is 8.06. The van der Waals surface area contributed by atoms with Gasteiger partial charge in [0.2, 0.25) is 0 Å². The van der Waals surface area contributed by atoms with Crippen LogP contribution in [0, 0.1) is 11.3 Å². The number of nitrogens with zero attached hydrogens (tertiary/aromatic N) is 1. The molecular formula is C19H19ClN2O3S. The van der Waals surface area contributed by atoms with E-state index in [0.717, 1.165) is 12.8 Å². The molecule has 0 heterocycles. The number of aromatic hydroxyl groups is 1. The molecule has 0 unspecified atom stereocenters. The number of phenols is 1. The number of aryl methyl sites for hydroxylation is 1. The second-order valence-corrected chi connectivity index (χ2v) is 7.81. The van der Waals surface area contributed by atoms with E-state index in [2.05, 4.69) is 4.72 Å². The Labute approximate surface area is 158 Å². The second-order valence-electron chi connectivity index (χ2n) is 5.67. The molecule has 0 spiro atoms. The first-order valence-corrected chi connectivity index (χ1v) is 9.92. The Kier molecular flexibility index (Phi) is 7.22. The number of benzene rings is 2. The molecule has 0 aromatic heterocycles. The lowest BCUT2D eigenvalue weighted by atomic mass is 10.1. The second kappa shape index (κ2) is 9.39. The van der Waals surface area contributed by atoms with Crippen LogP contribution in [-0.4, -0.2) is 20.1 Å². The van der Waals surface area contributed by atoms with Gasteiger partial charge in [0.25, 0.3) is 10.0 Å². The first kappa shape index (κ1) is 20.0. The molecular weight excluding hydrogens is 372 g/mol. The maximum atomic E-state index is 12.3. The number of nitriles is 1. The highest BCUT2D eigenvalue weighted by molar-refractivity contribution is 7.93. The van der Waals surface area contributed by atoms with Gasteiger partial charge in [-0.25, -0.2) is 13.1 Å². The van der Waals surface area contributed by atoms with E-state index in [1.54, 1.807) is 6.07 Å². The van der Waals surface area contributed by atoms with Crippen molar-refractivity contribution >= 4 is 27.7 Å². The molecule has 0 saturated carbocycles. The molecule has 2 rings (SSSR count). The number of hydrogen-bond donors (Lipinski definition) is 2. The summed E-state index contributed by atoms with van der Waals surface area (Å²) in [6.07, 6.45) is 3.55. The summed E-state index contributed by atoms with van der Waals surface area (Å²) >= 11 is 5.96. The summed E-state index contributed by atoms with van der Waals surface area (Å²) < 4.78 is 27.0. The smallest absolute Gasteiger partial charge is 0.250 e. The van der Waals surface area contributed by atoms with Gasteiger partial charge in [0.15, 0.2) is 4.91 Å². The molecule has 0 saturated heterocycles. The van der Waals surface area contributed by atoms with E-state index in [0.29, 0.717) is 12.0 Å². The molecule has 0 radical (unpaired) electrons. The number of sulfonamides is 1. The number of rotatable bonds is 8. The van der Waals surface area contributed by atoms with Crippen molar-refractivity contribution in [2.75, 3.05) is 6.54 Å². The van der Waals surface area contributed by atoms with Crippen LogP contribution in [0.4, 0.5) is 0 Å². The fourth-order valence-corrected chi connectivity index (χ4v) is 3.53. The summed E-state index contributed by atoms with van der Waals surface area (Å²) in [6.45, 7) is 0.248. The molecule has 7 heteroatoms. The van der Waals surface area contributed by atoms with Gasteiger partial charge in [-0.2, -0.15) is 5.26 Å². The molecule has 2 N–H and O–H groups in total. The molecule has 0 bridgehead atoms. The average Bonchev–Trinajstić information content (AvgIpc) is 2.61. The number of halogens is 1. The quantitative estimate of drug-likeness (QED) is 0.529. The van der Waals surface area contributed by atoms with Gasteiger partial charge in [-0.1, -0.05) is 41.9 Å². The lowest BCUT2D eigenvalue weighted by Gasteiger charge is -2.06. The summed E-state index contributed by atoms with van der Waals surface area (Å²) in [5.74, 6) is -0.0370. The Morgan fingerprint density at radius 3 is 2.58 bits per heavy atom. The topological polar surface area (TPSA) is 90.2 Å². The predicted octanol–water partition coefficient (Wildman–Crippen LogP) is 3.85. The van der Waals surface area contributed by atoms with Gasteiger partial charge < -0.3 is 5.11 Å². The Hall–Kier alpha value is -2.33. The molecule has 2 aromatic carbocycles. The first-order chi connectivity index (χ1) is 12.4. The third kappa shape index (κ3) is 5.88. The maximum Gasteiger partial charge on any atom is 0.250 e. The van der Waals surface area contributed by atoms with E-state index in [4.69, 9.17) is 11.6 Å². The molecule has 136 valence electrons. The van der Waals surface area contributed by atoms with Gasteiger partial charge in [-0.15, -0.1) is 0 Å². The molecule has 0 amide bonds. The van der Waals surface area contributed by atoms with Crippen molar-refractivity contribution in [3.05, 3.63) is 69.6 Å². The van der Waals surface area contributed by atoms with Crippen LogP contribution in [0.5, 0.6) is 5.75 Å². The van der Waals surface area contributed by atoms with Crippen LogP contribution in [-0.2, 0) is 16.4 Å². The largest absolute Gasteiger partial charge is 0.508 e. The van der Waals surface area contributed by atoms with Crippen LogP contribution in [0.3, 0.4) is 0 Å². The number of nitrogens with one attached hydrogen (secondary N) is 1. The van der Waals surface area contributed by atoms with Crippen molar-refractivity contribution < 1.29 is 13.5 Å². The maximum absolute atomic E-state index is 12.3. The lowest BCUT2D eigenvalue weighted by Crippen LogP contribution is -2.25. The molecule has 0 aliphatic rings. The Balaban J connectivity index is 1.94. The minimum absolute atomic E-state index is 0.0370. The summed E-state index contributed by atoms with van der Waals surface area (Å²) in [5, 5.41) is 18.7. The van der Waals surface area contributed by atoms with Gasteiger partial charge in [0, 0.05) is 6.54 Å². The fraction of sp³-hybridized carbons (Fsp3) is 0.211. The number of allylic oxidation sites excluding steroid dienone is 1. The molecule has 0 aliphatic carbocycles. The van der Waals surface area contributed by atoms with Crippen LogP contribution >= 0.6 is 11.6 Å². The Bertz CT molecular complexity index is 920. The number of phenolic OH excluding ortho intramolecular Hbond substituents is 1. The standard InChI is InChI=1S/C19H19ClN2O3S/c20-19-13-17(23)10-9-16(19)12-18(14-21)26(24,25)22-11-5-4-8-15-6-2-1-3-7-15/h1-3,6-7,9-10,12-13,22-23H,4-5,8,11H2/b18-12-. The van der Waals surface area contributed by atoms with E-state index in [1.165, 1.54) is 29.8 Å². The van der Waals surface area contributed by atoms with Crippen molar-refractivity contribution in [3.8, 4) is 11.8 Å². The predicted molar refractivity (Wildman–Crippen MR) is 103 cm³/mol. The van der Waals surface area contributed by atoms with Crippen molar-refractivity contribution in [1.29, 1.82) is 5.26 Å². The zero-order valence-electron chi connectivity index (χ0n) is 14.0. The highest BCUT2D eigenvalue weighted by Gasteiger charge is 2.17. The van der Waals surface area contributed by atoms with E-state index in [9.17, 15) is 18.8 Å². The highest BCUT2D eigenvalue weighted by atomic mass is 35.5. The summed E-state index contributed by atoms with van der Waals surface area (Å²) in [4.78, 5) is -0.423. The highest BCUT2D eigenvalue weighted by Crippen LogP contribution is 2.24. The lowest BCUT2D eigenvalue weighted by molar-refractivity contribution is 0.475. The van der Waals surface area contributed by atoms with Gasteiger partial charge in [0.1, 0.15) is 11.8 Å². The summed E-state index contributed by atoms with van der Waals surface area (Å²) in [6, 6.07) is 15.7. The fourth-order valence-electron chi connectivity index (χ4n) is 2.33. The SMILES string of the molecule is N#C/C(=C/c1ccc(O)cc1Cl)S(=O)(=O)NCCCCc1ccccc1. The van der Waals surface area contributed by atoms with E-state index in [-0.39, 0.29) is 17.3 Å². The molecule has 0 aliphatic heterocycles. The third-order valence-corrected chi connectivity index (χ3v) is 5.40. The average molecular weight is 391 g/mol. The van der Waals surface area contributed by atoms with Crippen LogP contribution in [0.1, 0.15) is 24.0 Å². The van der Waals surface area contributed by atoms with Gasteiger partial charge in [-0.05, 0) is 54.7 Å². The monoisotopic (exact) mass is 390 g/mol. The van der Waals surface area contributed by atoms with Gasteiger partial charge in [-0.3, -0.25) is 0 Å². The van der Waals surface area contributed by atoms with Gasteiger partial charge in [0.05, 0.1) is 5.02 Å². The molecule has 0 atom stereocenters.